The summed E-state index contributed by atoms with van der Waals surface area (Å²) in [6.45, 7) is 5.19. The number of hydrogen-bond donors (Lipinski definition) is 3. The van der Waals surface area contributed by atoms with Gasteiger partial charge in [0, 0.05) is 5.70 Å². The quantitative estimate of drug-likeness (QED) is 0.181. The van der Waals surface area contributed by atoms with E-state index < -0.39 is 5.91 Å². The Balaban J connectivity index is 4.80. The van der Waals surface area contributed by atoms with Gasteiger partial charge in [-0.15, -0.1) is 0 Å². The first kappa shape index (κ1) is 10.4. The van der Waals surface area contributed by atoms with E-state index in [1.54, 1.807) is 13.0 Å². The highest BCUT2D eigenvalue weighted by atomic mass is 16.2. The van der Waals surface area contributed by atoms with Gasteiger partial charge in [-0.3, -0.25) is 10.2 Å². The highest BCUT2D eigenvalue weighted by molar-refractivity contribution is 5.97. The van der Waals surface area contributed by atoms with Gasteiger partial charge in [-0.1, -0.05) is 18.7 Å². The molecule has 0 atom stereocenters. The SMILES string of the molecule is C=C/C=C(C(=O)NN)\C(N)=C/C. The van der Waals surface area contributed by atoms with E-state index in [4.69, 9.17) is 11.6 Å². The topological polar surface area (TPSA) is 81.1 Å². The van der Waals surface area contributed by atoms with Gasteiger partial charge in [0.15, 0.2) is 0 Å². The summed E-state index contributed by atoms with van der Waals surface area (Å²) in [6.07, 6.45) is 4.59. The molecule has 5 N–H and O–H groups in total. The van der Waals surface area contributed by atoms with Crippen molar-refractivity contribution in [3.63, 3.8) is 0 Å². The molecule has 0 aliphatic carbocycles. The zero-order valence-electron chi connectivity index (χ0n) is 7.00. The Morgan fingerprint density at radius 1 is 1.58 bits per heavy atom. The Hall–Kier alpha value is -1.55. The molecule has 0 spiro atoms. The molecule has 0 bridgehead atoms. The van der Waals surface area contributed by atoms with Crippen LogP contribution in [0.3, 0.4) is 0 Å². The molecule has 0 aliphatic rings. The highest BCUT2D eigenvalue weighted by Gasteiger charge is 2.07. The lowest BCUT2D eigenvalue weighted by molar-refractivity contribution is -0.117. The molecule has 66 valence electrons. The number of carbonyl (C=O) groups excluding carboxylic acids is 1. The summed E-state index contributed by atoms with van der Waals surface area (Å²) in [6, 6.07) is 0. The Morgan fingerprint density at radius 2 is 2.17 bits per heavy atom. The number of carbonyl (C=O) groups is 1. The zero-order chi connectivity index (χ0) is 9.56. The minimum atomic E-state index is -0.425. The van der Waals surface area contributed by atoms with Gasteiger partial charge in [0.25, 0.3) is 5.91 Å². The fourth-order valence-electron chi connectivity index (χ4n) is 0.654. The van der Waals surface area contributed by atoms with Gasteiger partial charge in [0.2, 0.25) is 0 Å². The average molecular weight is 167 g/mol. The fourth-order valence-corrected chi connectivity index (χ4v) is 0.654. The Labute approximate surface area is 71.6 Å². The van der Waals surface area contributed by atoms with Crippen LogP contribution in [0.25, 0.3) is 0 Å². The second-order valence-electron chi connectivity index (χ2n) is 2.03. The molecule has 0 unspecified atom stereocenters. The minimum Gasteiger partial charge on any atom is -0.398 e. The summed E-state index contributed by atoms with van der Waals surface area (Å²) in [5, 5.41) is 0. The molecule has 0 heterocycles. The molecule has 0 aromatic heterocycles. The molecule has 0 aromatic carbocycles. The van der Waals surface area contributed by atoms with Crippen LogP contribution in [-0.4, -0.2) is 5.91 Å². The molecule has 0 aliphatic heterocycles. The number of nitrogens with two attached hydrogens (primary N) is 2. The molecule has 0 fully saturated rings. The summed E-state index contributed by atoms with van der Waals surface area (Å²) < 4.78 is 0. The van der Waals surface area contributed by atoms with E-state index in [1.165, 1.54) is 12.2 Å². The molecule has 0 radical (unpaired) electrons. The normalized spacial score (nSPS) is 12.5. The third-order valence-electron chi connectivity index (χ3n) is 1.28. The van der Waals surface area contributed by atoms with Gasteiger partial charge in [0.05, 0.1) is 5.57 Å². The van der Waals surface area contributed by atoms with Crippen molar-refractivity contribution in [3.05, 3.63) is 36.1 Å². The molecule has 4 heteroatoms. The number of hydrogen-bond acceptors (Lipinski definition) is 3. The van der Waals surface area contributed by atoms with Crippen LogP contribution in [-0.2, 0) is 4.79 Å². The van der Waals surface area contributed by atoms with Crippen LogP contribution in [0, 0.1) is 0 Å². The monoisotopic (exact) mass is 167 g/mol. The van der Waals surface area contributed by atoms with Gasteiger partial charge < -0.3 is 5.73 Å². The number of hydrazine groups is 1. The van der Waals surface area contributed by atoms with Crippen LogP contribution < -0.4 is 17.0 Å². The van der Waals surface area contributed by atoms with Crippen molar-refractivity contribution in [3.8, 4) is 0 Å². The summed E-state index contributed by atoms with van der Waals surface area (Å²) in [5.74, 6) is 4.51. The van der Waals surface area contributed by atoms with Crippen LogP contribution >= 0.6 is 0 Å². The molecular formula is C8H13N3O. The molecule has 0 rings (SSSR count). The molecule has 0 saturated carbocycles. The second kappa shape index (κ2) is 5.15. The Kier molecular flexibility index (Phi) is 4.48. The number of allylic oxidation sites excluding steroid dienone is 3. The van der Waals surface area contributed by atoms with E-state index in [9.17, 15) is 4.79 Å². The number of rotatable bonds is 3. The maximum absolute atomic E-state index is 11.0. The van der Waals surface area contributed by atoms with Crippen LogP contribution in [0.1, 0.15) is 6.92 Å². The van der Waals surface area contributed by atoms with Gasteiger partial charge in [-0.05, 0) is 13.0 Å². The van der Waals surface area contributed by atoms with Crippen molar-refractivity contribution in [2.24, 2.45) is 11.6 Å². The average Bonchev–Trinajstić information content (AvgIpc) is 2.11. The van der Waals surface area contributed by atoms with E-state index >= 15 is 0 Å². The van der Waals surface area contributed by atoms with Crippen molar-refractivity contribution in [2.45, 2.75) is 6.92 Å². The van der Waals surface area contributed by atoms with Crippen molar-refractivity contribution in [1.82, 2.24) is 5.43 Å². The van der Waals surface area contributed by atoms with E-state index in [2.05, 4.69) is 6.58 Å². The lowest BCUT2D eigenvalue weighted by Crippen LogP contribution is -2.32. The molecule has 4 nitrogen and oxygen atoms in total. The van der Waals surface area contributed by atoms with E-state index in [1.807, 2.05) is 5.43 Å². The molecule has 0 saturated heterocycles. The number of nitrogens with one attached hydrogen (secondary N) is 1. The van der Waals surface area contributed by atoms with Crippen molar-refractivity contribution in [2.75, 3.05) is 0 Å². The first-order valence-corrected chi connectivity index (χ1v) is 3.43. The van der Waals surface area contributed by atoms with Crippen molar-refractivity contribution in [1.29, 1.82) is 0 Å². The molecule has 0 aromatic rings. The fraction of sp³-hybridized carbons (Fsp3) is 0.125. The van der Waals surface area contributed by atoms with Crippen LogP contribution in [0.5, 0.6) is 0 Å². The van der Waals surface area contributed by atoms with E-state index in [0.717, 1.165) is 0 Å². The largest absolute Gasteiger partial charge is 0.398 e. The van der Waals surface area contributed by atoms with Crippen LogP contribution in [0.2, 0.25) is 0 Å². The van der Waals surface area contributed by atoms with Gasteiger partial charge in [-0.2, -0.15) is 0 Å². The zero-order valence-corrected chi connectivity index (χ0v) is 7.00. The predicted octanol–water partition coefficient (Wildman–Crippen LogP) is -0.0488. The second-order valence-corrected chi connectivity index (χ2v) is 2.03. The third kappa shape index (κ3) is 2.59. The first-order chi connectivity index (χ1) is 5.67. The van der Waals surface area contributed by atoms with Gasteiger partial charge in [0.1, 0.15) is 0 Å². The minimum absolute atomic E-state index is 0.315. The maximum atomic E-state index is 11.0. The molecular weight excluding hydrogens is 154 g/mol. The summed E-state index contributed by atoms with van der Waals surface area (Å²) in [7, 11) is 0. The van der Waals surface area contributed by atoms with Crippen molar-refractivity contribution < 1.29 is 4.79 Å². The molecule has 12 heavy (non-hydrogen) atoms. The third-order valence-corrected chi connectivity index (χ3v) is 1.28. The smallest absolute Gasteiger partial charge is 0.267 e. The Bertz CT molecular complexity index is 241. The van der Waals surface area contributed by atoms with Gasteiger partial charge in [-0.25, -0.2) is 5.84 Å². The lowest BCUT2D eigenvalue weighted by Gasteiger charge is -2.03. The standard InChI is InChI=1S/C8H13N3O/c1-3-5-6(7(9)4-2)8(12)11-10/h3-5H,1,9-10H2,2H3,(H,11,12)/b6-5+,7-4+. The highest BCUT2D eigenvalue weighted by Crippen LogP contribution is 2.03. The summed E-state index contributed by atoms with van der Waals surface area (Å²) in [4.78, 5) is 11.0. The first-order valence-electron chi connectivity index (χ1n) is 3.43. The Morgan fingerprint density at radius 3 is 2.50 bits per heavy atom. The van der Waals surface area contributed by atoms with Crippen LogP contribution in [0.4, 0.5) is 0 Å². The maximum Gasteiger partial charge on any atom is 0.267 e. The number of amides is 1. The van der Waals surface area contributed by atoms with Gasteiger partial charge >= 0.3 is 0 Å². The van der Waals surface area contributed by atoms with E-state index in [-0.39, 0.29) is 0 Å². The predicted molar refractivity (Wildman–Crippen MR) is 48.6 cm³/mol. The lowest BCUT2D eigenvalue weighted by atomic mass is 10.1. The van der Waals surface area contributed by atoms with Crippen molar-refractivity contribution >= 4 is 5.91 Å². The van der Waals surface area contributed by atoms with Crippen LogP contribution in [0.15, 0.2) is 36.1 Å². The van der Waals surface area contributed by atoms with E-state index in [0.29, 0.717) is 11.3 Å². The summed E-state index contributed by atoms with van der Waals surface area (Å²) in [5.41, 5.74) is 8.19. The molecule has 1 amide bonds. The summed E-state index contributed by atoms with van der Waals surface area (Å²) >= 11 is 0.